The molecule has 0 bridgehead atoms. The van der Waals surface area contributed by atoms with E-state index in [9.17, 15) is 14.7 Å². The Bertz CT molecular complexity index is 525. The first kappa shape index (κ1) is 15.3. The molecular formula is C15H20N2O4. The van der Waals surface area contributed by atoms with E-state index in [0.717, 1.165) is 6.42 Å². The van der Waals surface area contributed by atoms with E-state index in [1.54, 1.807) is 24.0 Å². The SMILES string of the molecule is CC1(O)CCCN(C(=O)Nc2ccc(C(=O)O)cc2)CC1. The van der Waals surface area contributed by atoms with Gasteiger partial charge in [0, 0.05) is 18.8 Å². The molecule has 1 aromatic carbocycles. The molecule has 1 fully saturated rings. The van der Waals surface area contributed by atoms with Crippen LogP contribution in [0.2, 0.25) is 0 Å². The van der Waals surface area contributed by atoms with Crippen molar-refractivity contribution in [3.8, 4) is 0 Å². The minimum absolute atomic E-state index is 0.179. The van der Waals surface area contributed by atoms with Crippen molar-refractivity contribution in [2.75, 3.05) is 18.4 Å². The first-order valence-corrected chi connectivity index (χ1v) is 6.99. The molecular weight excluding hydrogens is 272 g/mol. The Balaban J connectivity index is 1.96. The number of carboxylic acids is 1. The summed E-state index contributed by atoms with van der Waals surface area (Å²) in [5, 5.41) is 21.6. The molecule has 1 aliphatic rings. The average molecular weight is 292 g/mol. The van der Waals surface area contributed by atoms with Gasteiger partial charge in [-0.1, -0.05) is 0 Å². The Morgan fingerprint density at radius 1 is 1.19 bits per heavy atom. The minimum atomic E-state index is -0.998. The Morgan fingerprint density at radius 2 is 1.86 bits per heavy atom. The van der Waals surface area contributed by atoms with Crippen molar-refractivity contribution in [2.24, 2.45) is 0 Å². The molecule has 0 saturated carbocycles. The lowest BCUT2D eigenvalue weighted by molar-refractivity contribution is 0.0458. The molecule has 6 nitrogen and oxygen atoms in total. The van der Waals surface area contributed by atoms with Crippen molar-refractivity contribution in [1.29, 1.82) is 0 Å². The number of hydrogen-bond acceptors (Lipinski definition) is 3. The maximum Gasteiger partial charge on any atom is 0.335 e. The number of aromatic carboxylic acids is 1. The predicted molar refractivity (Wildman–Crippen MR) is 78.5 cm³/mol. The zero-order valence-electron chi connectivity index (χ0n) is 12.0. The Morgan fingerprint density at radius 3 is 2.48 bits per heavy atom. The van der Waals surface area contributed by atoms with Crippen LogP contribution in [0.25, 0.3) is 0 Å². The third-order valence-electron chi connectivity index (χ3n) is 3.73. The van der Waals surface area contributed by atoms with Crippen molar-refractivity contribution in [1.82, 2.24) is 4.90 Å². The molecule has 0 aromatic heterocycles. The lowest BCUT2D eigenvalue weighted by atomic mass is 9.98. The Hall–Kier alpha value is -2.08. The highest BCUT2D eigenvalue weighted by molar-refractivity contribution is 5.91. The molecule has 1 unspecified atom stereocenters. The van der Waals surface area contributed by atoms with E-state index in [2.05, 4.69) is 5.32 Å². The van der Waals surface area contributed by atoms with Crippen LogP contribution in [-0.2, 0) is 0 Å². The number of anilines is 1. The zero-order chi connectivity index (χ0) is 15.5. The summed E-state index contributed by atoms with van der Waals surface area (Å²) in [5.74, 6) is -0.998. The summed E-state index contributed by atoms with van der Waals surface area (Å²) >= 11 is 0. The third kappa shape index (κ3) is 4.19. The Kier molecular flexibility index (Phi) is 4.47. The van der Waals surface area contributed by atoms with Gasteiger partial charge in [0.1, 0.15) is 0 Å². The molecule has 1 atom stereocenters. The van der Waals surface area contributed by atoms with Gasteiger partial charge in [0.15, 0.2) is 0 Å². The average Bonchev–Trinajstić information content (AvgIpc) is 2.60. The van der Waals surface area contributed by atoms with Crippen molar-refractivity contribution in [2.45, 2.75) is 31.8 Å². The second kappa shape index (κ2) is 6.13. The molecule has 1 heterocycles. The molecule has 6 heteroatoms. The smallest absolute Gasteiger partial charge is 0.335 e. The van der Waals surface area contributed by atoms with Gasteiger partial charge in [-0.2, -0.15) is 0 Å². The lowest BCUT2D eigenvalue weighted by Gasteiger charge is -2.22. The van der Waals surface area contributed by atoms with Crippen LogP contribution in [0.5, 0.6) is 0 Å². The third-order valence-corrected chi connectivity index (χ3v) is 3.73. The fraction of sp³-hybridized carbons (Fsp3) is 0.467. The predicted octanol–water partition coefficient (Wildman–Crippen LogP) is 2.15. The summed E-state index contributed by atoms with van der Waals surface area (Å²) in [5.41, 5.74) is 0.0258. The molecule has 2 amide bonds. The molecule has 1 aromatic rings. The van der Waals surface area contributed by atoms with Gasteiger partial charge in [-0.15, -0.1) is 0 Å². The topological polar surface area (TPSA) is 89.9 Å². The largest absolute Gasteiger partial charge is 0.478 e. The number of likely N-dealkylation sites (tertiary alicyclic amines) is 1. The fourth-order valence-electron chi connectivity index (χ4n) is 2.37. The lowest BCUT2D eigenvalue weighted by Crippen LogP contribution is -2.36. The molecule has 21 heavy (non-hydrogen) atoms. The number of hydrogen-bond donors (Lipinski definition) is 3. The molecule has 0 spiro atoms. The summed E-state index contributed by atoms with van der Waals surface area (Å²) in [4.78, 5) is 24.6. The number of rotatable bonds is 2. The number of carbonyl (C=O) groups excluding carboxylic acids is 1. The first-order valence-electron chi connectivity index (χ1n) is 6.99. The van der Waals surface area contributed by atoms with Crippen molar-refractivity contribution >= 4 is 17.7 Å². The van der Waals surface area contributed by atoms with E-state index >= 15 is 0 Å². The molecule has 1 saturated heterocycles. The Labute approximate surface area is 123 Å². The number of urea groups is 1. The second-order valence-corrected chi connectivity index (χ2v) is 5.65. The van der Waals surface area contributed by atoms with E-state index in [0.29, 0.717) is 31.6 Å². The normalized spacial score (nSPS) is 22.5. The van der Waals surface area contributed by atoms with E-state index in [4.69, 9.17) is 5.11 Å². The maximum absolute atomic E-state index is 12.2. The van der Waals surface area contributed by atoms with Crippen LogP contribution in [-0.4, -0.2) is 45.8 Å². The summed E-state index contributed by atoms with van der Waals surface area (Å²) in [6, 6.07) is 5.80. The quantitative estimate of drug-likeness (QED) is 0.779. The monoisotopic (exact) mass is 292 g/mol. The maximum atomic E-state index is 12.2. The first-order chi connectivity index (χ1) is 9.87. The van der Waals surface area contributed by atoms with Crippen LogP contribution < -0.4 is 5.32 Å². The molecule has 3 N–H and O–H groups in total. The van der Waals surface area contributed by atoms with E-state index in [1.807, 2.05) is 0 Å². The van der Waals surface area contributed by atoms with Gasteiger partial charge in [-0.05, 0) is 50.5 Å². The number of carboxylic acid groups (broad SMARTS) is 1. The van der Waals surface area contributed by atoms with Gasteiger partial charge in [-0.3, -0.25) is 0 Å². The van der Waals surface area contributed by atoms with Gasteiger partial charge in [0.05, 0.1) is 11.2 Å². The molecule has 0 aliphatic carbocycles. The van der Waals surface area contributed by atoms with E-state index in [1.165, 1.54) is 12.1 Å². The van der Waals surface area contributed by atoms with Crippen molar-refractivity contribution < 1.29 is 19.8 Å². The second-order valence-electron chi connectivity index (χ2n) is 5.65. The van der Waals surface area contributed by atoms with Gasteiger partial charge >= 0.3 is 12.0 Å². The molecule has 2 rings (SSSR count). The summed E-state index contributed by atoms with van der Waals surface area (Å²) in [6.45, 7) is 2.90. The van der Waals surface area contributed by atoms with Crippen LogP contribution in [0.15, 0.2) is 24.3 Å². The summed E-state index contributed by atoms with van der Waals surface area (Å²) in [6.07, 6.45) is 2.00. The number of carbonyl (C=O) groups is 2. The molecule has 1 aliphatic heterocycles. The molecule has 0 radical (unpaired) electrons. The van der Waals surface area contributed by atoms with Crippen molar-refractivity contribution in [3.05, 3.63) is 29.8 Å². The van der Waals surface area contributed by atoms with Gasteiger partial charge in [0.25, 0.3) is 0 Å². The summed E-state index contributed by atoms with van der Waals surface area (Å²) in [7, 11) is 0. The highest BCUT2D eigenvalue weighted by atomic mass is 16.4. The number of nitrogens with zero attached hydrogens (tertiary/aromatic N) is 1. The number of aliphatic hydroxyl groups is 1. The highest BCUT2D eigenvalue weighted by Crippen LogP contribution is 2.22. The van der Waals surface area contributed by atoms with Crippen LogP contribution >= 0.6 is 0 Å². The standard InChI is InChI=1S/C15H20N2O4/c1-15(21)7-2-9-17(10-8-15)14(20)16-12-5-3-11(4-6-12)13(18)19/h3-6,21H,2,7-10H2,1H3,(H,16,20)(H,18,19). The van der Waals surface area contributed by atoms with Gasteiger partial charge < -0.3 is 20.4 Å². The van der Waals surface area contributed by atoms with Crippen molar-refractivity contribution in [3.63, 3.8) is 0 Å². The van der Waals surface area contributed by atoms with Gasteiger partial charge in [0.2, 0.25) is 0 Å². The van der Waals surface area contributed by atoms with Crippen LogP contribution in [0.1, 0.15) is 36.5 Å². The zero-order valence-corrected chi connectivity index (χ0v) is 12.0. The minimum Gasteiger partial charge on any atom is -0.478 e. The van der Waals surface area contributed by atoms with Crippen LogP contribution in [0, 0.1) is 0 Å². The van der Waals surface area contributed by atoms with E-state index < -0.39 is 11.6 Å². The highest BCUT2D eigenvalue weighted by Gasteiger charge is 2.26. The molecule has 114 valence electrons. The van der Waals surface area contributed by atoms with Crippen LogP contribution in [0.3, 0.4) is 0 Å². The number of nitrogens with one attached hydrogen (secondary N) is 1. The van der Waals surface area contributed by atoms with E-state index in [-0.39, 0.29) is 11.6 Å². The number of amides is 2. The fourth-order valence-corrected chi connectivity index (χ4v) is 2.37. The van der Waals surface area contributed by atoms with Crippen LogP contribution in [0.4, 0.5) is 10.5 Å². The van der Waals surface area contributed by atoms with Gasteiger partial charge in [-0.25, -0.2) is 9.59 Å². The summed E-state index contributed by atoms with van der Waals surface area (Å²) < 4.78 is 0. The number of benzene rings is 1.